The Bertz CT molecular complexity index is 1610. The minimum absolute atomic E-state index is 0.0920. The normalized spacial score (nSPS) is 11.7. The van der Waals surface area contributed by atoms with Gasteiger partial charge in [0.25, 0.3) is 0 Å². The van der Waals surface area contributed by atoms with Crippen molar-refractivity contribution < 1.29 is 28.7 Å². The summed E-state index contributed by atoms with van der Waals surface area (Å²) in [6, 6.07) is 18.6. The summed E-state index contributed by atoms with van der Waals surface area (Å²) >= 11 is 0. The van der Waals surface area contributed by atoms with Crippen molar-refractivity contribution in [2.45, 2.75) is 0 Å². The molecule has 0 atom stereocenters. The molecule has 0 heterocycles. The highest BCUT2D eigenvalue weighted by Gasteiger charge is 2.38. The predicted octanol–water partition coefficient (Wildman–Crippen LogP) is 4.01. The molecule has 0 aromatic heterocycles. The Labute approximate surface area is 226 Å². The van der Waals surface area contributed by atoms with E-state index in [-0.39, 0.29) is 33.6 Å². The van der Waals surface area contributed by atoms with E-state index in [1.165, 1.54) is 24.3 Å². The molecule has 10 N–H and O–H groups in total. The van der Waals surface area contributed by atoms with E-state index in [9.17, 15) is 19.2 Å². The van der Waals surface area contributed by atoms with E-state index in [4.69, 9.17) is 32.4 Å². The van der Waals surface area contributed by atoms with Gasteiger partial charge in [0, 0.05) is 33.9 Å². The molecule has 1 aliphatic rings. The number of anilines is 6. The van der Waals surface area contributed by atoms with Crippen molar-refractivity contribution in [1.29, 1.82) is 0 Å². The molecule has 0 radical (unpaired) electrons. The molecule has 12 heteroatoms. The Morgan fingerprint density at radius 3 is 1.35 bits per heavy atom. The third kappa shape index (κ3) is 4.67. The van der Waals surface area contributed by atoms with Gasteiger partial charge in [-0.2, -0.15) is 0 Å². The number of benzene rings is 4. The van der Waals surface area contributed by atoms with Crippen LogP contribution in [0, 0.1) is 0 Å². The minimum Gasteiger partial charge on any atom is -0.404 e. The first-order chi connectivity index (χ1) is 19.1. The second-order valence-corrected chi connectivity index (χ2v) is 8.72. The van der Waals surface area contributed by atoms with Crippen molar-refractivity contribution >= 4 is 57.9 Å². The van der Waals surface area contributed by atoms with Crippen LogP contribution in [0.5, 0.6) is 11.5 Å². The zero-order valence-electron chi connectivity index (χ0n) is 20.7. The third-order valence-electron chi connectivity index (χ3n) is 6.01. The summed E-state index contributed by atoms with van der Waals surface area (Å²) in [6.45, 7) is 0. The van der Waals surface area contributed by atoms with Crippen molar-refractivity contribution in [2.75, 3.05) is 33.6 Å². The standard InChI is InChI=1S/C28H22N6O6/c29-13-5-3-7-15(11-13)33-27(37)39-25-21(31)19-20(24(36)18-10-2-1-9-17(18)23(19)35)22(32)26(25)40-28(38)34-16-8-4-6-14(30)12-16/h1-12H,29-32H2,(H,33,37)(H,34,38). The van der Waals surface area contributed by atoms with E-state index >= 15 is 0 Å². The largest absolute Gasteiger partial charge is 0.417 e. The fraction of sp³-hybridized carbons (Fsp3) is 0. The molecule has 5 rings (SSSR count). The maximum atomic E-state index is 13.4. The number of amides is 2. The second kappa shape index (κ2) is 10.0. The lowest BCUT2D eigenvalue weighted by molar-refractivity contribution is 0.0980. The van der Waals surface area contributed by atoms with Crippen LogP contribution in [-0.2, 0) is 0 Å². The number of ether oxygens (including phenoxy) is 2. The van der Waals surface area contributed by atoms with Crippen molar-refractivity contribution in [3.8, 4) is 11.5 Å². The molecule has 2 amide bonds. The molecule has 12 nitrogen and oxygen atoms in total. The van der Waals surface area contributed by atoms with Crippen molar-refractivity contribution in [1.82, 2.24) is 0 Å². The topological polar surface area (TPSA) is 215 Å². The van der Waals surface area contributed by atoms with Gasteiger partial charge >= 0.3 is 12.2 Å². The number of ketones is 2. The van der Waals surface area contributed by atoms with Gasteiger partial charge in [-0.05, 0) is 36.4 Å². The van der Waals surface area contributed by atoms with Gasteiger partial charge in [-0.3, -0.25) is 20.2 Å². The monoisotopic (exact) mass is 538 g/mol. The Kier molecular flexibility index (Phi) is 6.41. The highest BCUT2D eigenvalue weighted by atomic mass is 16.6. The van der Waals surface area contributed by atoms with Gasteiger partial charge in [0.05, 0.1) is 22.5 Å². The molecule has 0 bridgehead atoms. The first-order valence-corrected chi connectivity index (χ1v) is 11.8. The SMILES string of the molecule is Nc1cccc(NC(=O)Oc2c(N)c3c(c(N)c2OC(=O)Nc2cccc(N)c2)C(=O)c2ccccc2C3=O)c1. The summed E-state index contributed by atoms with van der Waals surface area (Å²) < 4.78 is 10.8. The molecular weight excluding hydrogens is 516 g/mol. The van der Waals surface area contributed by atoms with Crippen LogP contribution in [0.2, 0.25) is 0 Å². The highest BCUT2D eigenvalue weighted by molar-refractivity contribution is 6.32. The second-order valence-electron chi connectivity index (χ2n) is 8.72. The van der Waals surface area contributed by atoms with Gasteiger partial charge < -0.3 is 32.4 Å². The Morgan fingerprint density at radius 1 is 0.575 bits per heavy atom. The fourth-order valence-electron chi connectivity index (χ4n) is 4.27. The van der Waals surface area contributed by atoms with Crippen LogP contribution in [0.15, 0.2) is 72.8 Å². The van der Waals surface area contributed by atoms with Crippen LogP contribution in [0.3, 0.4) is 0 Å². The maximum absolute atomic E-state index is 13.4. The average molecular weight is 539 g/mol. The lowest BCUT2D eigenvalue weighted by Crippen LogP contribution is -2.27. The molecule has 0 saturated carbocycles. The fourth-order valence-corrected chi connectivity index (χ4v) is 4.27. The molecule has 0 saturated heterocycles. The first-order valence-electron chi connectivity index (χ1n) is 11.8. The number of carbonyl (C=O) groups excluding carboxylic acids is 4. The van der Waals surface area contributed by atoms with Gasteiger partial charge in [-0.25, -0.2) is 9.59 Å². The summed E-state index contributed by atoms with van der Waals surface area (Å²) in [5.74, 6) is -2.32. The number of rotatable bonds is 4. The zero-order chi connectivity index (χ0) is 28.6. The quantitative estimate of drug-likeness (QED) is 0.181. The van der Waals surface area contributed by atoms with E-state index in [1.807, 2.05) is 0 Å². The summed E-state index contributed by atoms with van der Waals surface area (Å²) in [4.78, 5) is 52.5. The Morgan fingerprint density at radius 2 is 0.975 bits per heavy atom. The number of nitrogens with one attached hydrogen (secondary N) is 2. The highest BCUT2D eigenvalue weighted by Crippen LogP contribution is 2.48. The Hall–Kier alpha value is -6.04. The average Bonchev–Trinajstić information content (AvgIpc) is 2.91. The molecule has 0 unspecified atom stereocenters. The Balaban J connectivity index is 1.58. The van der Waals surface area contributed by atoms with Crippen molar-refractivity contribution in [3.63, 3.8) is 0 Å². The predicted molar refractivity (Wildman–Crippen MR) is 150 cm³/mol. The summed E-state index contributed by atoms with van der Waals surface area (Å²) in [5.41, 5.74) is 24.2. The lowest BCUT2D eigenvalue weighted by atomic mass is 9.82. The van der Waals surface area contributed by atoms with Gasteiger partial charge in [0.1, 0.15) is 0 Å². The van der Waals surface area contributed by atoms with Crippen LogP contribution in [-0.4, -0.2) is 23.8 Å². The lowest BCUT2D eigenvalue weighted by Gasteiger charge is -2.24. The van der Waals surface area contributed by atoms with E-state index < -0.39 is 46.6 Å². The van der Waals surface area contributed by atoms with Crippen LogP contribution in [0.4, 0.5) is 43.7 Å². The molecule has 4 aromatic carbocycles. The molecule has 0 spiro atoms. The van der Waals surface area contributed by atoms with Gasteiger partial charge in [-0.15, -0.1) is 0 Å². The van der Waals surface area contributed by atoms with E-state index in [2.05, 4.69) is 10.6 Å². The smallest absolute Gasteiger partial charge is 0.404 e. The van der Waals surface area contributed by atoms with Crippen LogP contribution in [0.25, 0.3) is 0 Å². The maximum Gasteiger partial charge on any atom is 0.417 e. The molecule has 1 aliphatic carbocycles. The van der Waals surface area contributed by atoms with Gasteiger partial charge in [-0.1, -0.05) is 36.4 Å². The summed E-state index contributed by atoms with van der Waals surface area (Å²) in [5, 5.41) is 4.92. The number of fused-ring (bicyclic) bond motifs is 2. The number of nitrogens with two attached hydrogens (primary N) is 4. The number of hydrogen-bond donors (Lipinski definition) is 6. The number of hydrogen-bond acceptors (Lipinski definition) is 10. The minimum atomic E-state index is -1.06. The molecule has 0 fully saturated rings. The molecule has 200 valence electrons. The number of carbonyl (C=O) groups is 4. The first kappa shape index (κ1) is 25.6. The van der Waals surface area contributed by atoms with Crippen molar-refractivity contribution in [2.24, 2.45) is 0 Å². The molecular formula is C28H22N6O6. The van der Waals surface area contributed by atoms with E-state index in [1.54, 1.807) is 48.5 Å². The van der Waals surface area contributed by atoms with Crippen LogP contribution >= 0.6 is 0 Å². The van der Waals surface area contributed by atoms with Gasteiger partial charge in [0.15, 0.2) is 11.6 Å². The van der Waals surface area contributed by atoms with E-state index in [0.717, 1.165) is 0 Å². The summed E-state index contributed by atoms with van der Waals surface area (Å²) in [6.07, 6.45) is -2.12. The van der Waals surface area contributed by atoms with Gasteiger partial charge in [0.2, 0.25) is 11.5 Å². The van der Waals surface area contributed by atoms with E-state index in [0.29, 0.717) is 11.4 Å². The molecule has 4 aromatic rings. The zero-order valence-corrected chi connectivity index (χ0v) is 20.7. The number of nitrogen functional groups attached to an aromatic ring is 4. The third-order valence-corrected chi connectivity index (χ3v) is 6.01. The van der Waals surface area contributed by atoms with Crippen LogP contribution < -0.4 is 43.0 Å². The molecule has 40 heavy (non-hydrogen) atoms. The van der Waals surface area contributed by atoms with Crippen molar-refractivity contribution in [3.05, 3.63) is 95.1 Å². The molecule has 0 aliphatic heterocycles. The van der Waals surface area contributed by atoms with Crippen LogP contribution in [0.1, 0.15) is 31.8 Å². The summed E-state index contributed by atoms with van der Waals surface area (Å²) in [7, 11) is 0.